The van der Waals surface area contributed by atoms with Gasteiger partial charge in [-0.15, -0.1) is 0 Å². The Morgan fingerprint density at radius 2 is 2.25 bits per heavy atom. The fourth-order valence-corrected chi connectivity index (χ4v) is 2.42. The predicted octanol–water partition coefficient (Wildman–Crippen LogP) is 2.40. The van der Waals surface area contributed by atoms with Crippen molar-refractivity contribution in [3.63, 3.8) is 0 Å². The summed E-state index contributed by atoms with van der Waals surface area (Å²) in [6.45, 7) is 2.56. The van der Waals surface area contributed by atoms with Crippen molar-refractivity contribution in [1.29, 1.82) is 0 Å². The smallest absolute Gasteiger partial charge is 0.359 e. The first-order valence-corrected chi connectivity index (χ1v) is 6.69. The molecule has 5 heteroatoms. The highest BCUT2D eigenvalue weighted by molar-refractivity contribution is 5.89. The molecule has 1 aliphatic rings. The Hall–Kier alpha value is -2.14. The molecule has 1 unspecified atom stereocenters. The average molecular weight is 272 g/mol. The third kappa shape index (κ3) is 2.32. The van der Waals surface area contributed by atoms with E-state index in [-0.39, 0.29) is 12.1 Å². The van der Waals surface area contributed by atoms with Crippen molar-refractivity contribution in [2.75, 3.05) is 6.61 Å². The van der Waals surface area contributed by atoms with Crippen molar-refractivity contribution < 1.29 is 14.3 Å². The Morgan fingerprint density at radius 3 is 3.00 bits per heavy atom. The number of carbonyl (C=O) groups is 1. The molecule has 1 N–H and O–H groups in total. The van der Waals surface area contributed by atoms with Crippen LogP contribution in [0.2, 0.25) is 0 Å². The molecule has 0 amide bonds. The average Bonchev–Trinajstić information content (AvgIpc) is 2.91. The molecule has 1 aromatic carbocycles. The van der Waals surface area contributed by atoms with Crippen molar-refractivity contribution in [2.45, 2.75) is 26.1 Å². The van der Waals surface area contributed by atoms with Gasteiger partial charge in [-0.25, -0.2) is 4.79 Å². The van der Waals surface area contributed by atoms with E-state index in [0.29, 0.717) is 25.3 Å². The number of hydrogen-bond donors (Lipinski definition) is 1. The number of ether oxygens (including phenoxy) is 2. The van der Waals surface area contributed by atoms with Gasteiger partial charge < -0.3 is 9.47 Å². The number of aromatic amines is 1. The van der Waals surface area contributed by atoms with Crippen LogP contribution in [-0.4, -0.2) is 22.8 Å². The van der Waals surface area contributed by atoms with Crippen LogP contribution in [0, 0.1) is 0 Å². The lowest BCUT2D eigenvalue weighted by atomic mass is 9.97. The standard InChI is InChI=1S/C15H16N2O3/c1-2-19-15(18)14-11-8-13(10-6-4-3-5-7-10)20-9-12(11)16-17-14/h3-7,13H,2,8-9H2,1H3,(H,16,17). The molecule has 3 rings (SSSR count). The molecular weight excluding hydrogens is 256 g/mol. The lowest BCUT2D eigenvalue weighted by Gasteiger charge is -2.23. The van der Waals surface area contributed by atoms with E-state index < -0.39 is 0 Å². The molecule has 0 spiro atoms. The van der Waals surface area contributed by atoms with Crippen molar-refractivity contribution >= 4 is 5.97 Å². The maximum Gasteiger partial charge on any atom is 0.359 e. The fourth-order valence-electron chi connectivity index (χ4n) is 2.42. The number of nitrogens with zero attached hydrogens (tertiary/aromatic N) is 1. The molecule has 0 saturated carbocycles. The van der Waals surface area contributed by atoms with Gasteiger partial charge in [0.15, 0.2) is 5.69 Å². The van der Waals surface area contributed by atoms with Crippen LogP contribution in [0.5, 0.6) is 0 Å². The van der Waals surface area contributed by atoms with Crippen LogP contribution in [0.25, 0.3) is 0 Å². The maximum absolute atomic E-state index is 11.9. The number of hydrogen-bond acceptors (Lipinski definition) is 4. The molecule has 2 aromatic rings. The summed E-state index contributed by atoms with van der Waals surface area (Å²) in [5.74, 6) is -0.376. The van der Waals surface area contributed by atoms with E-state index in [1.807, 2.05) is 30.3 Å². The van der Waals surface area contributed by atoms with Gasteiger partial charge >= 0.3 is 5.97 Å². The Labute approximate surface area is 116 Å². The number of fused-ring (bicyclic) bond motifs is 1. The highest BCUT2D eigenvalue weighted by atomic mass is 16.5. The lowest BCUT2D eigenvalue weighted by molar-refractivity contribution is 0.0249. The Balaban J connectivity index is 1.86. The number of aromatic nitrogens is 2. The molecule has 0 saturated heterocycles. The third-order valence-corrected chi connectivity index (χ3v) is 3.41. The van der Waals surface area contributed by atoms with Gasteiger partial charge in [0.25, 0.3) is 0 Å². The molecule has 2 heterocycles. The van der Waals surface area contributed by atoms with Crippen LogP contribution < -0.4 is 0 Å². The molecule has 20 heavy (non-hydrogen) atoms. The van der Waals surface area contributed by atoms with Gasteiger partial charge in [-0.2, -0.15) is 5.10 Å². The largest absolute Gasteiger partial charge is 0.461 e. The van der Waals surface area contributed by atoms with Crippen LogP contribution in [0.1, 0.15) is 40.3 Å². The molecule has 1 aromatic heterocycles. The van der Waals surface area contributed by atoms with Crippen LogP contribution in [-0.2, 0) is 22.5 Å². The van der Waals surface area contributed by atoms with Gasteiger partial charge in [0.05, 0.1) is 25.0 Å². The highest BCUT2D eigenvalue weighted by Gasteiger charge is 2.28. The highest BCUT2D eigenvalue weighted by Crippen LogP contribution is 2.31. The summed E-state index contributed by atoms with van der Waals surface area (Å²) in [4.78, 5) is 11.9. The number of rotatable bonds is 3. The van der Waals surface area contributed by atoms with Crippen LogP contribution in [0.3, 0.4) is 0 Å². The number of H-pyrrole nitrogens is 1. The van der Waals surface area contributed by atoms with E-state index in [2.05, 4.69) is 10.2 Å². The predicted molar refractivity (Wildman–Crippen MR) is 72.2 cm³/mol. The van der Waals surface area contributed by atoms with E-state index in [1.165, 1.54) is 0 Å². The van der Waals surface area contributed by atoms with Crippen molar-refractivity contribution in [2.24, 2.45) is 0 Å². The second-order valence-electron chi connectivity index (χ2n) is 4.66. The first-order valence-electron chi connectivity index (χ1n) is 6.69. The quantitative estimate of drug-likeness (QED) is 0.871. The van der Waals surface area contributed by atoms with Gasteiger partial charge in [0.1, 0.15) is 0 Å². The summed E-state index contributed by atoms with van der Waals surface area (Å²) in [5, 5.41) is 6.93. The summed E-state index contributed by atoms with van der Waals surface area (Å²) in [5.41, 5.74) is 3.25. The second-order valence-corrected chi connectivity index (χ2v) is 4.66. The zero-order valence-electron chi connectivity index (χ0n) is 11.3. The molecule has 0 bridgehead atoms. The zero-order chi connectivity index (χ0) is 13.9. The molecule has 1 atom stereocenters. The van der Waals surface area contributed by atoms with Crippen LogP contribution in [0.4, 0.5) is 0 Å². The van der Waals surface area contributed by atoms with E-state index in [9.17, 15) is 4.79 Å². The minimum atomic E-state index is -0.376. The first kappa shape index (κ1) is 12.9. The number of esters is 1. The topological polar surface area (TPSA) is 64.2 Å². The third-order valence-electron chi connectivity index (χ3n) is 3.41. The van der Waals surface area contributed by atoms with E-state index >= 15 is 0 Å². The molecule has 5 nitrogen and oxygen atoms in total. The van der Waals surface area contributed by atoms with Gasteiger partial charge in [-0.05, 0) is 12.5 Å². The number of benzene rings is 1. The maximum atomic E-state index is 11.9. The summed E-state index contributed by atoms with van der Waals surface area (Å²) in [7, 11) is 0. The Bertz CT molecular complexity index is 607. The SMILES string of the molecule is CCOC(=O)c1n[nH]c2c1CC(c1ccccc1)OC2. The minimum absolute atomic E-state index is 0.0468. The van der Waals surface area contributed by atoms with Gasteiger partial charge in [0.2, 0.25) is 0 Å². The number of carbonyl (C=O) groups excluding carboxylic acids is 1. The van der Waals surface area contributed by atoms with Crippen molar-refractivity contribution in [1.82, 2.24) is 10.2 Å². The van der Waals surface area contributed by atoms with Crippen molar-refractivity contribution in [3.8, 4) is 0 Å². The van der Waals surface area contributed by atoms with Gasteiger partial charge in [-0.1, -0.05) is 30.3 Å². The van der Waals surface area contributed by atoms with E-state index in [0.717, 1.165) is 16.8 Å². The monoisotopic (exact) mass is 272 g/mol. The second kappa shape index (κ2) is 5.46. The summed E-state index contributed by atoms with van der Waals surface area (Å²) < 4.78 is 10.9. The summed E-state index contributed by atoms with van der Waals surface area (Å²) >= 11 is 0. The fraction of sp³-hybridized carbons (Fsp3) is 0.333. The lowest BCUT2D eigenvalue weighted by Crippen LogP contribution is -2.17. The molecule has 0 radical (unpaired) electrons. The summed E-state index contributed by atoms with van der Waals surface area (Å²) in [6, 6.07) is 9.99. The molecule has 0 fully saturated rings. The molecule has 104 valence electrons. The van der Waals surface area contributed by atoms with Gasteiger partial charge in [-0.3, -0.25) is 5.10 Å². The zero-order valence-corrected chi connectivity index (χ0v) is 11.3. The van der Waals surface area contributed by atoms with E-state index in [1.54, 1.807) is 6.92 Å². The molecule has 0 aliphatic carbocycles. The first-order chi connectivity index (χ1) is 9.79. The van der Waals surface area contributed by atoms with Crippen LogP contribution >= 0.6 is 0 Å². The molecule has 1 aliphatic heterocycles. The van der Waals surface area contributed by atoms with Crippen molar-refractivity contribution in [3.05, 3.63) is 52.8 Å². The normalized spacial score (nSPS) is 17.6. The van der Waals surface area contributed by atoms with E-state index in [4.69, 9.17) is 9.47 Å². The van der Waals surface area contributed by atoms with Crippen LogP contribution in [0.15, 0.2) is 30.3 Å². The Kier molecular flexibility index (Phi) is 3.52. The molecular formula is C15H16N2O3. The summed E-state index contributed by atoms with van der Waals surface area (Å²) in [6.07, 6.45) is 0.582. The Morgan fingerprint density at radius 1 is 1.45 bits per heavy atom. The van der Waals surface area contributed by atoms with Gasteiger partial charge in [0, 0.05) is 12.0 Å². The number of nitrogens with one attached hydrogen (secondary N) is 1. The minimum Gasteiger partial charge on any atom is -0.461 e.